The molecule has 5 nitrogen and oxygen atoms in total. The minimum Gasteiger partial charge on any atom is -0.288 e. The maximum Gasteiger partial charge on any atom is 0.419 e. The molecule has 0 bridgehead atoms. The average Bonchev–Trinajstić information content (AvgIpc) is 2.83. The fraction of sp³-hybridized carbons (Fsp3) is 0.273. The number of hydrogen-bond donors (Lipinski definition) is 0. The molecule has 1 atom stereocenters. The van der Waals surface area contributed by atoms with Gasteiger partial charge in [0.25, 0.3) is 0 Å². The van der Waals surface area contributed by atoms with Crippen molar-refractivity contribution in [2.45, 2.75) is 11.7 Å². The number of nitrogens with zero attached hydrogens (tertiary/aromatic N) is 5. The predicted molar refractivity (Wildman–Crippen MR) is 71.7 cm³/mol. The summed E-state index contributed by atoms with van der Waals surface area (Å²) in [6.07, 6.45) is -0.375. The first-order valence-corrected chi connectivity index (χ1v) is 6.40. The number of alkyl halides is 3. The molecule has 0 saturated heterocycles. The molecule has 0 saturated carbocycles. The van der Waals surface area contributed by atoms with Gasteiger partial charge in [-0.15, -0.1) is 0 Å². The van der Waals surface area contributed by atoms with Crippen LogP contribution in [0.1, 0.15) is 0 Å². The van der Waals surface area contributed by atoms with E-state index in [4.69, 9.17) is 23.2 Å². The summed E-state index contributed by atoms with van der Waals surface area (Å²) in [5.41, 5.74) is -2.54. The van der Waals surface area contributed by atoms with Crippen LogP contribution in [0.4, 0.5) is 13.2 Å². The molecule has 2 aromatic heterocycles. The number of hydrogen-bond acceptors (Lipinski definition) is 4. The van der Waals surface area contributed by atoms with Crippen molar-refractivity contribution < 1.29 is 13.2 Å². The molecular formula is C11H6Cl2F3N5. The highest BCUT2D eigenvalue weighted by molar-refractivity contribution is 6.39. The minimum absolute atomic E-state index is 0.0259. The second-order valence-electron chi connectivity index (χ2n) is 4.38. The van der Waals surface area contributed by atoms with Gasteiger partial charge >= 0.3 is 6.18 Å². The summed E-state index contributed by atoms with van der Waals surface area (Å²) in [6, 6.07) is 0. The Morgan fingerprint density at radius 2 is 2.00 bits per heavy atom. The van der Waals surface area contributed by atoms with E-state index in [0.717, 1.165) is 17.1 Å². The Balaban J connectivity index is 2.31. The van der Waals surface area contributed by atoms with Crippen LogP contribution in [0.3, 0.4) is 0 Å². The number of dihydropyridines is 1. The lowest BCUT2D eigenvalue weighted by molar-refractivity contribution is -0.196. The second kappa shape index (κ2) is 4.67. The summed E-state index contributed by atoms with van der Waals surface area (Å²) in [5, 5.41) is 3.91. The molecule has 0 radical (unpaired) electrons. The molecule has 1 unspecified atom stereocenters. The topological polar surface area (TPSA) is 56.0 Å². The summed E-state index contributed by atoms with van der Waals surface area (Å²) in [4.78, 5) is 11.2. The maximum atomic E-state index is 13.6. The van der Waals surface area contributed by atoms with Crippen LogP contribution < -0.4 is 0 Å². The number of rotatable bonds is 1. The summed E-state index contributed by atoms with van der Waals surface area (Å²) in [6.45, 7) is -0.578. The summed E-state index contributed by atoms with van der Waals surface area (Å²) in [5.74, 6) is 0. The zero-order chi connectivity index (χ0) is 15.3. The molecule has 0 N–H and O–H groups in total. The third-order valence-corrected chi connectivity index (χ3v) is 3.62. The molecule has 110 valence electrons. The van der Waals surface area contributed by atoms with Crippen molar-refractivity contribution >= 4 is 40.4 Å². The Kier molecular flexibility index (Phi) is 3.18. The van der Waals surface area contributed by atoms with Gasteiger partial charge in [0.15, 0.2) is 11.2 Å². The van der Waals surface area contributed by atoms with Gasteiger partial charge in [-0.05, 0) is 6.08 Å². The van der Waals surface area contributed by atoms with Crippen LogP contribution in [0, 0.1) is 0 Å². The first-order valence-electron chi connectivity index (χ1n) is 5.65. The van der Waals surface area contributed by atoms with E-state index in [1.165, 1.54) is 12.4 Å². The summed E-state index contributed by atoms with van der Waals surface area (Å²) < 4.78 is 41.7. The Morgan fingerprint density at radius 1 is 1.24 bits per heavy atom. The monoisotopic (exact) mass is 335 g/mol. The van der Waals surface area contributed by atoms with E-state index < -0.39 is 18.3 Å². The Labute approximate surface area is 126 Å². The van der Waals surface area contributed by atoms with Crippen LogP contribution in [0.15, 0.2) is 28.6 Å². The van der Waals surface area contributed by atoms with Gasteiger partial charge in [0, 0.05) is 6.21 Å². The molecule has 21 heavy (non-hydrogen) atoms. The van der Waals surface area contributed by atoms with Crippen molar-refractivity contribution in [1.82, 2.24) is 19.7 Å². The molecule has 1 aliphatic rings. The molecular weight excluding hydrogens is 330 g/mol. The molecule has 1 aliphatic heterocycles. The largest absolute Gasteiger partial charge is 0.419 e. The molecule has 0 fully saturated rings. The fourth-order valence-electron chi connectivity index (χ4n) is 2.11. The van der Waals surface area contributed by atoms with E-state index in [-0.39, 0.29) is 21.2 Å². The molecule has 0 amide bonds. The first-order chi connectivity index (χ1) is 9.85. The third-order valence-electron chi connectivity index (χ3n) is 3.11. The van der Waals surface area contributed by atoms with Gasteiger partial charge in [0.1, 0.15) is 11.5 Å². The normalized spacial score (nSPS) is 22.6. The lowest BCUT2D eigenvalue weighted by Crippen LogP contribution is -2.50. The second-order valence-corrected chi connectivity index (χ2v) is 5.17. The van der Waals surface area contributed by atoms with E-state index >= 15 is 0 Å². The summed E-state index contributed by atoms with van der Waals surface area (Å²) >= 11 is 11.6. The smallest absolute Gasteiger partial charge is 0.288 e. The van der Waals surface area contributed by atoms with Crippen molar-refractivity contribution in [2.75, 3.05) is 6.54 Å². The fourth-order valence-corrected chi connectivity index (χ4v) is 2.54. The van der Waals surface area contributed by atoms with Gasteiger partial charge in [-0.2, -0.15) is 18.3 Å². The van der Waals surface area contributed by atoms with E-state index in [1.807, 2.05) is 0 Å². The number of allylic oxidation sites excluding steroid dienone is 1. The van der Waals surface area contributed by atoms with Gasteiger partial charge in [0.2, 0.25) is 0 Å². The number of halogens is 5. The van der Waals surface area contributed by atoms with Gasteiger partial charge in [-0.25, -0.2) is 14.6 Å². The Morgan fingerprint density at radius 3 is 2.67 bits per heavy atom. The van der Waals surface area contributed by atoms with Gasteiger partial charge in [-0.1, -0.05) is 23.2 Å². The van der Waals surface area contributed by atoms with Gasteiger partial charge in [0.05, 0.1) is 23.2 Å². The van der Waals surface area contributed by atoms with Crippen LogP contribution in [-0.2, 0) is 5.54 Å². The van der Waals surface area contributed by atoms with E-state index in [1.54, 1.807) is 0 Å². The highest BCUT2D eigenvalue weighted by Crippen LogP contribution is 2.42. The highest BCUT2D eigenvalue weighted by Gasteiger charge is 2.57. The van der Waals surface area contributed by atoms with E-state index in [0.29, 0.717) is 0 Å². The predicted octanol–water partition coefficient (Wildman–Crippen LogP) is 2.94. The Hall–Kier alpha value is -1.67. The average molecular weight is 336 g/mol. The van der Waals surface area contributed by atoms with Crippen molar-refractivity contribution in [3.8, 4) is 0 Å². The van der Waals surface area contributed by atoms with Crippen molar-refractivity contribution in [3.63, 3.8) is 0 Å². The van der Waals surface area contributed by atoms with Gasteiger partial charge in [-0.3, -0.25) is 4.99 Å². The van der Waals surface area contributed by atoms with Crippen molar-refractivity contribution in [1.29, 1.82) is 0 Å². The molecule has 10 heteroatoms. The quantitative estimate of drug-likeness (QED) is 0.753. The third kappa shape index (κ3) is 2.09. The molecule has 3 heterocycles. The number of aromatic nitrogens is 4. The molecule has 3 rings (SSSR count). The van der Waals surface area contributed by atoms with E-state index in [2.05, 4.69) is 20.1 Å². The highest BCUT2D eigenvalue weighted by atomic mass is 35.5. The Bertz CT molecular complexity index is 767. The van der Waals surface area contributed by atoms with Gasteiger partial charge < -0.3 is 0 Å². The number of fused-ring (bicyclic) bond motifs is 1. The molecule has 0 aliphatic carbocycles. The molecule has 2 aromatic rings. The van der Waals surface area contributed by atoms with Crippen molar-refractivity contribution in [3.05, 3.63) is 28.8 Å². The lowest BCUT2D eigenvalue weighted by atomic mass is 9.96. The SMILES string of the molecule is FC(F)(F)C1(n2ncc3c(Cl)ncnc32)C=C(Cl)C=NC1. The first kappa shape index (κ1) is 14.3. The zero-order valence-corrected chi connectivity index (χ0v) is 11.7. The standard InChI is InChI=1S/C11H6Cl2F3N5/c12-6-1-10(4-17-2-6,11(14,15)16)21-9-7(3-20-21)8(13)18-5-19-9/h1-3,5H,4H2. The van der Waals surface area contributed by atoms with Crippen LogP contribution in [0.25, 0.3) is 11.0 Å². The van der Waals surface area contributed by atoms with Crippen LogP contribution in [0.5, 0.6) is 0 Å². The summed E-state index contributed by atoms with van der Waals surface area (Å²) in [7, 11) is 0. The van der Waals surface area contributed by atoms with Crippen molar-refractivity contribution in [2.24, 2.45) is 4.99 Å². The van der Waals surface area contributed by atoms with E-state index in [9.17, 15) is 13.2 Å². The lowest BCUT2D eigenvalue weighted by Gasteiger charge is -2.33. The van der Waals surface area contributed by atoms with Crippen LogP contribution >= 0.6 is 23.2 Å². The molecule has 0 spiro atoms. The minimum atomic E-state index is -4.67. The number of aliphatic imine (C=N–C) groups is 1. The maximum absolute atomic E-state index is 13.6. The molecule has 0 aromatic carbocycles. The van der Waals surface area contributed by atoms with Crippen LogP contribution in [-0.4, -0.2) is 38.7 Å². The zero-order valence-electron chi connectivity index (χ0n) is 10.1. The van der Waals surface area contributed by atoms with Crippen LogP contribution in [0.2, 0.25) is 5.15 Å².